The van der Waals surface area contributed by atoms with E-state index in [0.717, 1.165) is 56.3 Å². The van der Waals surface area contributed by atoms with E-state index in [1.807, 2.05) is 22.9 Å². The standard InChI is InChI=1S/C19H21N5O.ClH/c20-19(11-4-5-12-19)18-21-17(25-23-18)16-14-9-6-10-15(14)24(22-16)13-7-2-1-3-8-13;/h1-3,7-8H,4-6,9-12,20H2;1H. The van der Waals surface area contributed by atoms with Crippen molar-refractivity contribution in [2.45, 2.75) is 50.5 Å². The van der Waals surface area contributed by atoms with Crippen LogP contribution in [-0.2, 0) is 18.4 Å². The molecule has 0 bridgehead atoms. The Kier molecular flexibility index (Phi) is 4.32. The van der Waals surface area contributed by atoms with Crippen LogP contribution >= 0.6 is 12.4 Å². The first kappa shape index (κ1) is 17.2. The average Bonchev–Trinajstić information content (AvgIpc) is 3.39. The molecule has 2 aliphatic carbocycles. The van der Waals surface area contributed by atoms with E-state index >= 15 is 0 Å². The van der Waals surface area contributed by atoms with Crippen LogP contribution in [0.15, 0.2) is 34.9 Å². The van der Waals surface area contributed by atoms with Crippen molar-refractivity contribution in [2.75, 3.05) is 0 Å². The Balaban J connectivity index is 0.00000168. The van der Waals surface area contributed by atoms with Gasteiger partial charge in [-0.05, 0) is 44.2 Å². The molecule has 1 aromatic carbocycles. The van der Waals surface area contributed by atoms with Gasteiger partial charge in [0.05, 0.1) is 11.2 Å². The number of aromatic nitrogens is 4. The zero-order chi connectivity index (χ0) is 16.9. The Morgan fingerprint density at radius 1 is 1.04 bits per heavy atom. The average molecular weight is 372 g/mol. The van der Waals surface area contributed by atoms with E-state index in [-0.39, 0.29) is 12.4 Å². The van der Waals surface area contributed by atoms with Crippen LogP contribution in [0.1, 0.15) is 49.2 Å². The molecule has 6 nitrogen and oxygen atoms in total. The molecule has 3 aromatic rings. The molecule has 0 spiro atoms. The number of para-hydroxylation sites is 1. The summed E-state index contributed by atoms with van der Waals surface area (Å²) in [5, 5.41) is 9.01. The molecular formula is C19H22ClN5O. The summed E-state index contributed by atoms with van der Waals surface area (Å²) in [6.07, 6.45) is 7.25. The highest BCUT2D eigenvalue weighted by Gasteiger charge is 2.37. The zero-order valence-corrected chi connectivity index (χ0v) is 15.3. The summed E-state index contributed by atoms with van der Waals surface area (Å²) >= 11 is 0. The van der Waals surface area contributed by atoms with Crippen LogP contribution in [-0.4, -0.2) is 19.9 Å². The Morgan fingerprint density at radius 3 is 2.58 bits per heavy atom. The minimum atomic E-state index is -0.438. The molecule has 0 atom stereocenters. The molecule has 5 rings (SSSR count). The predicted octanol–water partition coefficient (Wildman–Crippen LogP) is 3.56. The lowest BCUT2D eigenvalue weighted by Crippen LogP contribution is -2.34. The molecule has 0 aliphatic heterocycles. The third kappa shape index (κ3) is 2.64. The molecule has 1 saturated carbocycles. The second-order valence-corrected chi connectivity index (χ2v) is 7.16. The van der Waals surface area contributed by atoms with E-state index in [9.17, 15) is 0 Å². The van der Waals surface area contributed by atoms with E-state index in [2.05, 4.69) is 22.3 Å². The molecule has 136 valence electrons. The van der Waals surface area contributed by atoms with Crippen LogP contribution in [0.3, 0.4) is 0 Å². The van der Waals surface area contributed by atoms with E-state index in [4.69, 9.17) is 15.4 Å². The lowest BCUT2D eigenvalue weighted by Gasteiger charge is -2.17. The molecule has 0 amide bonds. The minimum absolute atomic E-state index is 0. The van der Waals surface area contributed by atoms with Crippen molar-refractivity contribution in [3.63, 3.8) is 0 Å². The first-order valence-electron chi connectivity index (χ1n) is 9.04. The summed E-state index contributed by atoms with van der Waals surface area (Å²) in [6, 6.07) is 10.2. The van der Waals surface area contributed by atoms with Gasteiger partial charge in [-0.15, -0.1) is 12.4 Å². The van der Waals surface area contributed by atoms with Gasteiger partial charge in [0, 0.05) is 11.3 Å². The van der Waals surface area contributed by atoms with Crippen LogP contribution in [0.5, 0.6) is 0 Å². The highest BCUT2D eigenvalue weighted by Crippen LogP contribution is 2.37. The van der Waals surface area contributed by atoms with Crippen LogP contribution in [0.2, 0.25) is 0 Å². The normalized spacial score (nSPS) is 17.9. The molecule has 26 heavy (non-hydrogen) atoms. The Morgan fingerprint density at radius 2 is 1.81 bits per heavy atom. The van der Waals surface area contributed by atoms with E-state index < -0.39 is 5.54 Å². The topological polar surface area (TPSA) is 82.8 Å². The fraction of sp³-hybridized carbons (Fsp3) is 0.421. The number of nitrogens with zero attached hydrogens (tertiary/aromatic N) is 4. The zero-order valence-electron chi connectivity index (χ0n) is 14.5. The van der Waals surface area contributed by atoms with Crippen molar-refractivity contribution in [3.05, 3.63) is 47.4 Å². The van der Waals surface area contributed by atoms with Crippen molar-refractivity contribution >= 4 is 12.4 Å². The lowest BCUT2D eigenvalue weighted by molar-refractivity contribution is 0.372. The second-order valence-electron chi connectivity index (χ2n) is 7.16. The lowest BCUT2D eigenvalue weighted by atomic mass is 9.99. The SMILES string of the molecule is Cl.NC1(c2noc(-c3nn(-c4ccccc4)c4c3CCC4)n2)CCCC1. The van der Waals surface area contributed by atoms with Gasteiger partial charge >= 0.3 is 0 Å². The monoisotopic (exact) mass is 371 g/mol. The maximum absolute atomic E-state index is 6.47. The Labute approximate surface area is 158 Å². The fourth-order valence-electron chi connectivity index (χ4n) is 4.14. The highest BCUT2D eigenvalue weighted by atomic mass is 35.5. The largest absolute Gasteiger partial charge is 0.332 e. The van der Waals surface area contributed by atoms with Gasteiger partial charge in [0.25, 0.3) is 5.89 Å². The third-order valence-corrected chi connectivity index (χ3v) is 5.50. The first-order valence-corrected chi connectivity index (χ1v) is 9.04. The number of halogens is 1. The highest BCUT2D eigenvalue weighted by molar-refractivity contribution is 5.85. The van der Waals surface area contributed by atoms with Crippen LogP contribution < -0.4 is 5.73 Å². The van der Waals surface area contributed by atoms with Gasteiger partial charge in [-0.2, -0.15) is 10.1 Å². The number of benzene rings is 1. The van der Waals surface area contributed by atoms with Crippen molar-refractivity contribution in [1.29, 1.82) is 0 Å². The Bertz CT molecular complexity index is 911. The second kappa shape index (κ2) is 6.52. The molecular weight excluding hydrogens is 350 g/mol. The van der Waals surface area contributed by atoms with E-state index in [1.54, 1.807) is 0 Å². The Hall–Kier alpha value is -2.18. The molecule has 0 saturated heterocycles. The van der Waals surface area contributed by atoms with E-state index in [0.29, 0.717) is 11.7 Å². The molecule has 2 aromatic heterocycles. The molecule has 2 aliphatic rings. The number of nitrogens with two attached hydrogens (primary N) is 1. The first-order chi connectivity index (χ1) is 12.2. The summed E-state index contributed by atoms with van der Waals surface area (Å²) in [6.45, 7) is 0. The minimum Gasteiger partial charge on any atom is -0.332 e. The quantitative estimate of drug-likeness (QED) is 0.761. The van der Waals surface area contributed by atoms with Gasteiger partial charge in [-0.3, -0.25) is 0 Å². The van der Waals surface area contributed by atoms with Gasteiger partial charge < -0.3 is 10.3 Å². The van der Waals surface area contributed by atoms with Gasteiger partial charge in [0.1, 0.15) is 0 Å². The fourth-order valence-corrected chi connectivity index (χ4v) is 4.14. The van der Waals surface area contributed by atoms with Crippen LogP contribution in [0.25, 0.3) is 17.3 Å². The third-order valence-electron chi connectivity index (χ3n) is 5.50. The van der Waals surface area contributed by atoms with Gasteiger partial charge in [-0.25, -0.2) is 4.68 Å². The molecule has 0 unspecified atom stereocenters. The number of fused-ring (bicyclic) bond motifs is 1. The predicted molar refractivity (Wildman–Crippen MR) is 100 cm³/mol. The summed E-state index contributed by atoms with van der Waals surface area (Å²) in [5.41, 5.74) is 10.4. The van der Waals surface area contributed by atoms with Crippen LogP contribution in [0.4, 0.5) is 0 Å². The van der Waals surface area contributed by atoms with Crippen molar-refractivity contribution in [2.24, 2.45) is 5.73 Å². The maximum Gasteiger partial charge on any atom is 0.278 e. The molecule has 1 fully saturated rings. The maximum atomic E-state index is 6.47. The van der Waals surface area contributed by atoms with E-state index in [1.165, 1.54) is 11.3 Å². The summed E-state index contributed by atoms with van der Waals surface area (Å²) in [5.74, 6) is 1.13. The van der Waals surface area contributed by atoms with Crippen molar-refractivity contribution in [1.82, 2.24) is 19.9 Å². The summed E-state index contributed by atoms with van der Waals surface area (Å²) < 4.78 is 7.61. The van der Waals surface area contributed by atoms with Gasteiger partial charge in [-0.1, -0.05) is 36.2 Å². The number of hydrogen-bond acceptors (Lipinski definition) is 5. The van der Waals surface area contributed by atoms with Gasteiger partial charge in [0.2, 0.25) is 0 Å². The van der Waals surface area contributed by atoms with Crippen molar-refractivity contribution in [3.8, 4) is 17.3 Å². The smallest absolute Gasteiger partial charge is 0.278 e. The molecule has 7 heteroatoms. The number of rotatable bonds is 3. The molecule has 0 radical (unpaired) electrons. The van der Waals surface area contributed by atoms with Crippen molar-refractivity contribution < 1.29 is 4.52 Å². The number of hydrogen-bond donors (Lipinski definition) is 1. The molecule has 2 heterocycles. The summed E-state index contributed by atoms with van der Waals surface area (Å²) in [4.78, 5) is 4.64. The van der Waals surface area contributed by atoms with Crippen LogP contribution in [0, 0.1) is 0 Å². The summed E-state index contributed by atoms with van der Waals surface area (Å²) in [7, 11) is 0. The van der Waals surface area contributed by atoms with Gasteiger partial charge in [0.15, 0.2) is 11.5 Å². The molecule has 2 N–H and O–H groups in total.